The molecule has 0 amide bonds. The molecule has 0 radical (unpaired) electrons. The van der Waals surface area contributed by atoms with Crippen LogP contribution in [0.5, 0.6) is 5.75 Å². The molecule has 0 spiro atoms. The van der Waals surface area contributed by atoms with Gasteiger partial charge in [-0.15, -0.1) is 0 Å². The molecule has 122 valence electrons. The molecule has 0 aliphatic heterocycles. The molecule has 0 atom stereocenters. The van der Waals surface area contributed by atoms with Gasteiger partial charge in [0, 0.05) is 11.0 Å². The fraction of sp³-hybridized carbons (Fsp3) is 0.600. The topological polar surface area (TPSA) is 43.4 Å². The lowest BCUT2D eigenvalue weighted by atomic mass is 9.48. The number of rotatable bonds is 5. The summed E-state index contributed by atoms with van der Waals surface area (Å²) in [5.74, 6) is 3.10. The zero-order valence-corrected chi connectivity index (χ0v) is 13.7. The maximum Gasteiger partial charge on any atom is 0.170 e. The standard InChI is InChI=1S/C20H24O3/c1-23-17-4-2-16(3-5-17)18(21)9-19(22)20-10-13-6-14(11-20)8-15(7-13)12-20/h2-5,13-15H,6-12H2,1H3. The van der Waals surface area contributed by atoms with Crippen LogP contribution in [0.25, 0.3) is 0 Å². The van der Waals surface area contributed by atoms with E-state index >= 15 is 0 Å². The Balaban J connectivity index is 1.48. The van der Waals surface area contributed by atoms with Gasteiger partial charge in [-0.2, -0.15) is 0 Å². The van der Waals surface area contributed by atoms with Crippen LogP contribution in [0, 0.1) is 23.2 Å². The van der Waals surface area contributed by atoms with E-state index in [9.17, 15) is 9.59 Å². The Kier molecular flexibility index (Phi) is 3.55. The average molecular weight is 312 g/mol. The first-order valence-electron chi connectivity index (χ1n) is 8.78. The van der Waals surface area contributed by atoms with Gasteiger partial charge in [-0.1, -0.05) is 0 Å². The molecule has 3 heteroatoms. The normalized spacial score (nSPS) is 34.4. The molecule has 23 heavy (non-hydrogen) atoms. The molecule has 4 saturated carbocycles. The van der Waals surface area contributed by atoms with Crippen molar-refractivity contribution in [3.63, 3.8) is 0 Å². The van der Waals surface area contributed by atoms with Crippen molar-refractivity contribution in [1.82, 2.24) is 0 Å². The van der Waals surface area contributed by atoms with Crippen molar-refractivity contribution >= 4 is 11.6 Å². The minimum absolute atomic E-state index is 0.0478. The number of carbonyl (C=O) groups excluding carboxylic acids is 2. The second kappa shape index (κ2) is 5.47. The van der Waals surface area contributed by atoms with Crippen molar-refractivity contribution in [2.75, 3.05) is 7.11 Å². The van der Waals surface area contributed by atoms with Crippen molar-refractivity contribution in [2.45, 2.75) is 44.9 Å². The number of benzene rings is 1. The molecule has 3 nitrogen and oxygen atoms in total. The van der Waals surface area contributed by atoms with E-state index in [2.05, 4.69) is 0 Å². The Morgan fingerprint density at radius 2 is 1.52 bits per heavy atom. The summed E-state index contributed by atoms with van der Waals surface area (Å²) in [4.78, 5) is 25.4. The van der Waals surface area contributed by atoms with Crippen molar-refractivity contribution in [2.24, 2.45) is 23.2 Å². The molecule has 4 bridgehead atoms. The third-order valence-electron chi connectivity index (χ3n) is 6.36. The summed E-state index contributed by atoms with van der Waals surface area (Å²) in [6.45, 7) is 0. The zero-order chi connectivity index (χ0) is 16.0. The predicted octanol–water partition coefficient (Wildman–Crippen LogP) is 4.05. The van der Waals surface area contributed by atoms with Gasteiger partial charge in [-0.3, -0.25) is 9.59 Å². The van der Waals surface area contributed by atoms with E-state index in [0.717, 1.165) is 42.8 Å². The summed E-state index contributed by atoms with van der Waals surface area (Å²) in [6, 6.07) is 7.08. The highest BCUT2D eigenvalue weighted by Crippen LogP contribution is 2.60. The van der Waals surface area contributed by atoms with E-state index in [0.29, 0.717) is 5.56 Å². The molecule has 0 saturated heterocycles. The van der Waals surface area contributed by atoms with Gasteiger partial charge >= 0.3 is 0 Å². The minimum Gasteiger partial charge on any atom is -0.497 e. The summed E-state index contributed by atoms with van der Waals surface area (Å²) in [5.41, 5.74) is 0.445. The lowest BCUT2D eigenvalue weighted by molar-refractivity contribution is -0.142. The number of ether oxygens (including phenoxy) is 1. The van der Waals surface area contributed by atoms with Crippen molar-refractivity contribution in [3.8, 4) is 5.75 Å². The van der Waals surface area contributed by atoms with Crippen LogP contribution in [0.3, 0.4) is 0 Å². The van der Waals surface area contributed by atoms with Crippen molar-refractivity contribution in [1.29, 1.82) is 0 Å². The first kappa shape index (κ1) is 14.9. The molecule has 0 aromatic heterocycles. The smallest absolute Gasteiger partial charge is 0.170 e. The highest BCUT2D eigenvalue weighted by molar-refractivity contribution is 6.09. The van der Waals surface area contributed by atoms with Crippen LogP contribution in [0.4, 0.5) is 0 Å². The van der Waals surface area contributed by atoms with E-state index in [1.807, 2.05) is 0 Å². The Morgan fingerprint density at radius 1 is 1.00 bits per heavy atom. The zero-order valence-electron chi connectivity index (χ0n) is 13.7. The largest absolute Gasteiger partial charge is 0.497 e. The predicted molar refractivity (Wildman–Crippen MR) is 87.6 cm³/mol. The van der Waals surface area contributed by atoms with Gasteiger partial charge in [-0.25, -0.2) is 0 Å². The fourth-order valence-electron chi connectivity index (χ4n) is 5.66. The Morgan fingerprint density at radius 3 is 2.00 bits per heavy atom. The average Bonchev–Trinajstić information content (AvgIpc) is 2.53. The lowest BCUT2D eigenvalue weighted by Crippen LogP contribution is -2.50. The first-order chi connectivity index (χ1) is 11.1. The number of methoxy groups -OCH3 is 1. The van der Waals surface area contributed by atoms with Crippen LogP contribution in [-0.4, -0.2) is 18.7 Å². The van der Waals surface area contributed by atoms with Crippen molar-refractivity contribution in [3.05, 3.63) is 29.8 Å². The molecule has 4 fully saturated rings. The molecule has 4 aliphatic rings. The second-order valence-corrected chi connectivity index (χ2v) is 7.95. The molecule has 1 aromatic rings. The number of ketones is 2. The Bertz CT molecular complexity index is 594. The molecule has 0 N–H and O–H groups in total. The molecular weight excluding hydrogens is 288 g/mol. The summed E-state index contributed by atoms with van der Waals surface area (Å²) in [5, 5.41) is 0. The summed E-state index contributed by atoms with van der Waals surface area (Å²) in [6.07, 6.45) is 7.13. The van der Waals surface area contributed by atoms with Crippen LogP contribution >= 0.6 is 0 Å². The highest BCUT2D eigenvalue weighted by atomic mass is 16.5. The van der Waals surface area contributed by atoms with Crippen molar-refractivity contribution < 1.29 is 14.3 Å². The van der Waals surface area contributed by atoms with E-state index < -0.39 is 0 Å². The lowest BCUT2D eigenvalue weighted by Gasteiger charge is -2.56. The quantitative estimate of drug-likeness (QED) is 0.608. The molecule has 1 aromatic carbocycles. The van der Waals surface area contributed by atoms with Crippen LogP contribution < -0.4 is 4.74 Å². The van der Waals surface area contributed by atoms with Gasteiger partial charge < -0.3 is 4.74 Å². The maximum atomic E-state index is 13.0. The molecule has 0 heterocycles. The number of Topliss-reactive ketones (excluding diaryl/α,β-unsaturated/α-hetero) is 2. The molecule has 4 aliphatic carbocycles. The van der Waals surface area contributed by atoms with Crippen LogP contribution in [-0.2, 0) is 4.79 Å². The van der Waals surface area contributed by atoms with Gasteiger partial charge in [0.25, 0.3) is 0 Å². The summed E-state index contributed by atoms with van der Waals surface area (Å²) in [7, 11) is 1.60. The van der Waals surface area contributed by atoms with Gasteiger partial charge in [0.2, 0.25) is 0 Å². The van der Waals surface area contributed by atoms with Gasteiger partial charge in [0.15, 0.2) is 5.78 Å². The summed E-state index contributed by atoms with van der Waals surface area (Å²) < 4.78 is 5.12. The van der Waals surface area contributed by atoms with Crippen LogP contribution in [0.15, 0.2) is 24.3 Å². The van der Waals surface area contributed by atoms with Gasteiger partial charge in [-0.05, 0) is 80.5 Å². The first-order valence-corrected chi connectivity index (χ1v) is 8.78. The molecule has 0 unspecified atom stereocenters. The van der Waals surface area contributed by atoms with E-state index in [1.165, 1.54) is 19.3 Å². The monoisotopic (exact) mass is 312 g/mol. The summed E-state index contributed by atoms with van der Waals surface area (Å²) >= 11 is 0. The Hall–Kier alpha value is -1.64. The maximum absolute atomic E-state index is 13.0. The highest BCUT2D eigenvalue weighted by Gasteiger charge is 2.54. The third-order valence-corrected chi connectivity index (χ3v) is 6.36. The van der Waals surface area contributed by atoms with E-state index in [-0.39, 0.29) is 23.4 Å². The molecular formula is C20H24O3. The third kappa shape index (κ3) is 2.60. The van der Waals surface area contributed by atoms with E-state index in [1.54, 1.807) is 31.4 Å². The minimum atomic E-state index is -0.170. The number of hydrogen-bond donors (Lipinski definition) is 0. The van der Waals surface area contributed by atoms with Gasteiger partial charge in [0.05, 0.1) is 13.5 Å². The Labute approximate surface area is 137 Å². The number of carbonyl (C=O) groups is 2. The SMILES string of the molecule is COc1ccc(C(=O)CC(=O)C23CC4CC(CC(C4)C2)C3)cc1. The molecule has 5 rings (SSSR count). The second-order valence-electron chi connectivity index (χ2n) is 7.95. The number of hydrogen-bond acceptors (Lipinski definition) is 3. The van der Waals surface area contributed by atoms with Gasteiger partial charge in [0.1, 0.15) is 11.5 Å². The fourth-order valence-corrected chi connectivity index (χ4v) is 5.66. The van der Waals surface area contributed by atoms with Crippen LogP contribution in [0.1, 0.15) is 55.3 Å². The van der Waals surface area contributed by atoms with Crippen LogP contribution in [0.2, 0.25) is 0 Å². The van der Waals surface area contributed by atoms with E-state index in [4.69, 9.17) is 4.74 Å².